The molecule has 0 aliphatic carbocycles. The number of carboxylic acid groups (broad SMARTS) is 1. The number of rotatable bonds is 4. The highest BCUT2D eigenvalue weighted by Gasteiger charge is 2.35. The second-order valence-electron chi connectivity index (χ2n) is 7.48. The van der Waals surface area contributed by atoms with Crippen LogP contribution in [-0.2, 0) is 4.79 Å². The van der Waals surface area contributed by atoms with E-state index in [1.54, 1.807) is 11.3 Å². The molecule has 6 rings (SSSR count). The first-order valence-electron chi connectivity index (χ1n) is 9.53. The molecule has 7 heteroatoms. The van der Waals surface area contributed by atoms with E-state index in [0.29, 0.717) is 18.0 Å². The van der Waals surface area contributed by atoms with Crippen LogP contribution in [0.1, 0.15) is 29.8 Å². The molecule has 0 radical (unpaired) electrons. The number of carbonyl (C=O) groups is 2. The van der Waals surface area contributed by atoms with Gasteiger partial charge in [-0.05, 0) is 77.9 Å². The van der Waals surface area contributed by atoms with Crippen LogP contribution in [0.5, 0.6) is 0 Å². The van der Waals surface area contributed by atoms with E-state index in [2.05, 4.69) is 44.1 Å². The van der Waals surface area contributed by atoms with Gasteiger partial charge in [-0.3, -0.25) is 14.7 Å². The van der Waals surface area contributed by atoms with E-state index in [1.165, 1.54) is 31.5 Å². The fourth-order valence-corrected chi connectivity index (χ4v) is 5.15. The Kier molecular flexibility index (Phi) is 5.54. The summed E-state index contributed by atoms with van der Waals surface area (Å²) in [7, 11) is 0. The predicted molar refractivity (Wildman–Crippen MR) is 110 cm³/mol. The number of piperidine rings is 3. The Bertz CT molecular complexity index is 959. The summed E-state index contributed by atoms with van der Waals surface area (Å²) in [5.41, 5.74) is 3.90. The van der Waals surface area contributed by atoms with Crippen molar-refractivity contribution in [3.8, 4) is 11.1 Å². The SMILES string of the molecule is O=C(C[C@@H]1CN2CCC1CC2)c1n[nH]c2ccc(-c3ccsc3)cc12.O=CO. The maximum Gasteiger partial charge on any atom is 0.290 e. The summed E-state index contributed by atoms with van der Waals surface area (Å²) < 4.78 is 0. The molecule has 2 bridgehead atoms. The summed E-state index contributed by atoms with van der Waals surface area (Å²) in [5.74, 6) is 1.41. The smallest absolute Gasteiger partial charge is 0.290 e. The van der Waals surface area contributed by atoms with Crippen molar-refractivity contribution in [3.63, 3.8) is 0 Å². The monoisotopic (exact) mass is 397 g/mol. The van der Waals surface area contributed by atoms with Crippen LogP contribution in [0.15, 0.2) is 35.0 Å². The van der Waals surface area contributed by atoms with E-state index in [0.717, 1.165) is 28.9 Å². The van der Waals surface area contributed by atoms with Gasteiger partial charge in [0, 0.05) is 18.4 Å². The van der Waals surface area contributed by atoms with E-state index in [9.17, 15) is 4.79 Å². The molecule has 3 aliphatic heterocycles. The van der Waals surface area contributed by atoms with Gasteiger partial charge in [0.2, 0.25) is 0 Å². The quantitative estimate of drug-likeness (QED) is 0.515. The first kappa shape index (κ1) is 18.8. The van der Waals surface area contributed by atoms with Crippen LogP contribution in [0.25, 0.3) is 22.0 Å². The Morgan fingerprint density at radius 3 is 2.71 bits per heavy atom. The molecular formula is C21H23N3O3S. The molecule has 5 heterocycles. The average molecular weight is 398 g/mol. The second kappa shape index (κ2) is 8.24. The van der Waals surface area contributed by atoms with Crippen LogP contribution in [0.3, 0.4) is 0 Å². The molecule has 146 valence electrons. The van der Waals surface area contributed by atoms with Crippen molar-refractivity contribution in [2.24, 2.45) is 11.8 Å². The molecule has 3 saturated heterocycles. The van der Waals surface area contributed by atoms with Gasteiger partial charge in [-0.2, -0.15) is 16.4 Å². The van der Waals surface area contributed by atoms with Gasteiger partial charge in [-0.15, -0.1) is 0 Å². The van der Waals surface area contributed by atoms with E-state index >= 15 is 0 Å². The highest BCUT2D eigenvalue weighted by molar-refractivity contribution is 7.08. The largest absolute Gasteiger partial charge is 0.483 e. The third-order valence-electron chi connectivity index (χ3n) is 5.92. The predicted octanol–water partition coefficient (Wildman–Crippen LogP) is 3.91. The average Bonchev–Trinajstić information content (AvgIpc) is 3.39. The van der Waals surface area contributed by atoms with E-state index in [-0.39, 0.29) is 12.3 Å². The van der Waals surface area contributed by atoms with Gasteiger partial charge in [-0.25, -0.2) is 0 Å². The van der Waals surface area contributed by atoms with Gasteiger partial charge in [0.1, 0.15) is 5.69 Å². The first-order chi connectivity index (χ1) is 13.7. The fraction of sp³-hybridized carbons (Fsp3) is 0.381. The van der Waals surface area contributed by atoms with Gasteiger partial charge >= 0.3 is 0 Å². The van der Waals surface area contributed by atoms with Crippen molar-refractivity contribution < 1.29 is 14.7 Å². The molecule has 1 aromatic carbocycles. The summed E-state index contributed by atoms with van der Waals surface area (Å²) in [5, 5.41) is 19.4. The van der Waals surface area contributed by atoms with Crippen LogP contribution >= 0.6 is 11.3 Å². The van der Waals surface area contributed by atoms with E-state index < -0.39 is 0 Å². The number of aromatic nitrogens is 2. The third-order valence-corrected chi connectivity index (χ3v) is 6.60. The van der Waals surface area contributed by atoms with Crippen LogP contribution < -0.4 is 0 Å². The molecule has 6 nitrogen and oxygen atoms in total. The zero-order valence-corrected chi connectivity index (χ0v) is 16.3. The van der Waals surface area contributed by atoms with E-state index in [1.807, 2.05) is 6.07 Å². The number of benzene rings is 1. The van der Waals surface area contributed by atoms with Crippen molar-refractivity contribution in [2.45, 2.75) is 19.3 Å². The first-order valence-corrected chi connectivity index (χ1v) is 10.5. The third kappa shape index (κ3) is 3.72. The van der Waals surface area contributed by atoms with Crippen molar-refractivity contribution in [1.29, 1.82) is 0 Å². The molecule has 0 saturated carbocycles. The highest BCUT2D eigenvalue weighted by Crippen LogP contribution is 2.35. The molecule has 0 amide bonds. The maximum absolute atomic E-state index is 13.0. The van der Waals surface area contributed by atoms with Crippen LogP contribution in [0.2, 0.25) is 0 Å². The molecule has 28 heavy (non-hydrogen) atoms. The minimum absolute atomic E-state index is 0.187. The molecular weight excluding hydrogens is 374 g/mol. The number of H-pyrrole nitrogens is 1. The lowest BCUT2D eigenvalue weighted by Gasteiger charge is -2.44. The standard InChI is InChI=1S/C20H21N3OS.CH2O2/c24-19(10-16-11-23-6-3-13(16)4-7-23)20-17-9-14(15-5-8-25-12-15)1-2-18(17)21-22-20;2-1-3/h1-2,5,8-9,12-13,16H,3-4,6-7,10-11H2,(H,21,22);1H,(H,2,3)/t16-;/m1./s1. The van der Waals surface area contributed by atoms with E-state index in [4.69, 9.17) is 9.90 Å². The van der Waals surface area contributed by atoms with Gasteiger partial charge < -0.3 is 10.0 Å². The summed E-state index contributed by atoms with van der Waals surface area (Å²) in [6.45, 7) is 3.26. The molecule has 0 spiro atoms. The number of fused-ring (bicyclic) bond motifs is 4. The topological polar surface area (TPSA) is 86.3 Å². The zero-order chi connectivity index (χ0) is 19.5. The Hall–Kier alpha value is -2.51. The Morgan fingerprint density at radius 1 is 1.29 bits per heavy atom. The zero-order valence-electron chi connectivity index (χ0n) is 15.5. The molecule has 3 aromatic rings. The minimum atomic E-state index is -0.250. The molecule has 2 N–H and O–H groups in total. The summed E-state index contributed by atoms with van der Waals surface area (Å²) >= 11 is 1.69. The van der Waals surface area contributed by atoms with Crippen LogP contribution in [-0.4, -0.2) is 52.1 Å². The number of nitrogens with zero attached hydrogens (tertiary/aromatic N) is 2. The Morgan fingerprint density at radius 2 is 2.07 bits per heavy atom. The number of thiophene rings is 1. The number of carbonyl (C=O) groups excluding carboxylic acids is 1. The number of Topliss-reactive ketones (excluding diaryl/α,β-unsaturated/α-hetero) is 1. The van der Waals surface area contributed by atoms with Crippen molar-refractivity contribution in [2.75, 3.05) is 19.6 Å². The lowest BCUT2D eigenvalue weighted by Crippen LogP contribution is -2.47. The minimum Gasteiger partial charge on any atom is -0.483 e. The Balaban J connectivity index is 0.000000604. The van der Waals surface area contributed by atoms with Crippen LogP contribution in [0, 0.1) is 11.8 Å². The fourth-order valence-electron chi connectivity index (χ4n) is 4.49. The highest BCUT2D eigenvalue weighted by atomic mass is 32.1. The normalized spacial score (nSPS) is 23.2. The summed E-state index contributed by atoms with van der Waals surface area (Å²) in [6.07, 6.45) is 3.13. The number of hydrogen-bond acceptors (Lipinski definition) is 5. The summed E-state index contributed by atoms with van der Waals surface area (Å²) in [6, 6.07) is 8.33. The number of aromatic amines is 1. The van der Waals surface area contributed by atoms with Gasteiger partial charge in [0.25, 0.3) is 6.47 Å². The van der Waals surface area contributed by atoms with Crippen molar-refractivity contribution in [1.82, 2.24) is 15.1 Å². The lowest BCUT2D eigenvalue weighted by molar-refractivity contribution is -0.122. The molecule has 3 aliphatic rings. The summed E-state index contributed by atoms with van der Waals surface area (Å²) in [4.78, 5) is 23.8. The number of nitrogens with one attached hydrogen (secondary N) is 1. The van der Waals surface area contributed by atoms with Crippen LogP contribution in [0.4, 0.5) is 0 Å². The number of hydrogen-bond donors (Lipinski definition) is 2. The molecule has 1 atom stereocenters. The number of ketones is 1. The van der Waals surface area contributed by atoms with Crippen molar-refractivity contribution >= 4 is 34.5 Å². The van der Waals surface area contributed by atoms with Gasteiger partial charge in [0.05, 0.1) is 5.52 Å². The Labute approximate surface area is 167 Å². The van der Waals surface area contributed by atoms with Gasteiger partial charge in [-0.1, -0.05) is 6.07 Å². The maximum atomic E-state index is 13.0. The van der Waals surface area contributed by atoms with Crippen molar-refractivity contribution in [3.05, 3.63) is 40.7 Å². The molecule has 2 aromatic heterocycles. The molecule has 3 fully saturated rings. The van der Waals surface area contributed by atoms with Gasteiger partial charge in [0.15, 0.2) is 5.78 Å². The second-order valence-corrected chi connectivity index (χ2v) is 8.26. The molecule has 0 unspecified atom stereocenters. The lowest BCUT2D eigenvalue weighted by atomic mass is 9.76.